The molecule has 0 aliphatic carbocycles. The van der Waals surface area contributed by atoms with Gasteiger partial charge >= 0.3 is 0 Å². The SMILES string of the molecule is N#Cc1cccc(-c2cnnc(NC(=O)C3CN(C#N)CCO3)c2)c1. The largest absolute Gasteiger partial charge is 0.365 e. The lowest BCUT2D eigenvalue weighted by Crippen LogP contribution is -2.46. The smallest absolute Gasteiger partial charge is 0.256 e. The van der Waals surface area contributed by atoms with Gasteiger partial charge in [0.2, 0.25) is 0 Å². The van der Waals surface area contributed by atoms with Gasteiger partial charge in [-0.3, -0.25) is 4.79 Å². The average Bonchev–Trinajstić information content (AvgIpc) is 2.68. The molecule has 1 aromatic carbocycles. The lowest BCUT2D eigenvalue weighted by molar-refractivity contribution is -0.131. The molecule has 8 heteroatoms. The van der Waals surface area contributed by atoms with Crippen molar-refractivity contribution in [1.82, 2.24) is 15.1 Å². The summed E-state index contributed by atoms with van der Waals surface area (Å²) in [5.41, 5.74) is 2.06. The fourth-order valence-electron chi connectivity index (χ4n) is 2.46. The molecule has 0 saturated carbocycles. The van der Waals surface area contributed by atoms with Gasteiger partial charge < -0.3 is 15.0 Å². The van der Waals surface area contributed by atoms with Crippen LogP contribution in [0.3, 0.4) is 0 Å². The number of carbonyl (C=O) groups is 1. The van der Waals surface area contributed by atoms with Crippen LogP contribution in [0.15, 0.2) is 36.5 Å². The minimum absolute atomic E-state index is 0.208. The van der Waals surface area contributed by atoms with Crippen LogP contribution in [-0.4, -0.2) is 46.8 Å². The van der Waals surface area contributed by atoms with E-state index in [0.29, 0.717) is 18.7 Å². The Morgan fingerprint density at radius 3 is 3.00 bits per heavy atom. The van der Waals surface area contributed by atoms with Crippen molar-refractivity contribution in [1.29, 1.82) is 10.5 Å². The van der Waals surface area contributed by atoms with E-state index in [0.717, 1.165) is 11.1 Å². The fraction of sp³-hybridized carbons (Fsp3) is 0.235. The van der Waals surface area contributed by atoms with Crippen molar-refractivity contribution in [2.45, 2.75) is 6.10 Å². The quantitative estimate of drug-likeness (QED) is 0.837. The summed E-state index contributed by atoms with van der Waals surface area (Å²) in [6.45, 7) is 1.00. The van der Waals surface area contributed by atoms with Gasteiger partial charge in [0.05, 0.1) is 37.5 Å². The Labute approximate surface area is 144 Å². The zero-order chi connectivity index (χ0) is 17.6. The van der Waals surface area contributed by atoms with E-state index in [1.54, 1.807) is 30.5 Å². The zero-order valence-electron chi connectivity index (χ0n) is 13.2. The number of nitriles is 2. The number of benzene rings is 1. The minimum Gasteiger partial charge on any atom is -0.365 e. The maximum Gasteiger partial charge on any atom is 0.256 e. The van der Waals surface area contributed by atoms with E-state index < -0.39 is 6.10 Å². The molecule has 1 amide bonds. The van der Waals surface area contributed by atoms with Crippen LogP contribution < -0.4 is 5.32 Å². The van der Waals surface area contributed by atoms with Gasteiger partial charge in [-0.05, 0) is 23.8 Å². The molecule has 8 nitrogen and oxygen atoms in total. The lowest BCUT2D eigenvalue weighted by atomic mass is 10.1. The van der Waals surface area contributed by atoms with Crippen molar-refractivity contribution in [3.05, 3.63) is 42.1 Å². The van der Waals surface area contributed by atoms with E-state index >= 15 is 0 Å². The molecular weight excluding hydrogens is 320 g/mol. The van der Waals surface area contributed by atoms with Crippen LogP contribution in [0.25, 0.3) is 11.1 Å². The fourth-order valence-corrected chi connectivity index (χ4v) is 2.46. The molecule has 1 aliphatic rings. The van der Waals surface area contributed by atoms with Crippen molar-refractivity contribution in [3.8, 4) is 23.4 Å². The summed E-state index contributed by atoms with van der Waals surface area (Å²) in [6.07, 6.45) is 2.83. The van der Waals surface area contributed by atoms with Crippen LogP contribution in [-0.2, 0) is 9.53 Å². The molecule has 25 heavy (non-hydrogen) atoms. The zero-order valence-corrected chi connectivity index (χ0v) is 13.2. The third kappa shape index (κ3) is 3.89. The van der Waals surface area contributed by atoms with Gasteiger partial charge in [0, 0.05) is 5.56 Å². The predicted molar refractivity (Wildman–Crippen MR) is 87.7 cm³/mol. The van der Waals surface area contributed by atoms with Crippen LogP contribution in [0.4, 0.5) is 5.82 Å². The first kappa shape index (κ1) is 16.4. The van der Waals surface area contributed by atoms with Crippen LogP contribution >= 0.6 is 0 Å². The highest BCUT2D eigenvalue weighted by atomic mass is 16.5. The number of rotatable bonds is 3. The first-order chi connectivity index (χ1) is 12.2. The van der Waals surface area contributed by atoms with Crippen LogP contribution in [0.2, 0.25) is 0 Å². The van der Waals surface area contributed by atoms with Crippen molar-refractivity contribution >= 4 is 11.7 Å². The van der Waals surface area contributed by atoms with E-state index in [2.05, 4.69) is 21.6 Å². The molecule has 1 saturated heterocycles. The molecule has 1 unspecified atom stereocenters. The standard InChI is InChI=1S/C17H14N6O2/c18-8-12-2-1-3-13(6-12)14-7-16(22-20-9-14)21-17(24)15-10-23(11-19)4-5-25-15/h1-3,6-7,9,15H,4-5,10H2,(H,21,22,24). The second kappa shape index (κ2) is 7.39. The number of aromatic nitrogens is 2. The second-order valence-electron chi connectivity index (χ2n) is 5.42. The molecule has 0 spiro atoms. The van der Waals surface area contributed by atoms with Gasteiger partial charge in [-0.25, -0.2) is 0 Å². The summed E-state index contributed by atoms with van der Waals surface area (Å²) < 4.78 is 5.40. The normalized spacial score (nSPS) is 16.6. The summed E-state index contributed by atoms with van der Waals surface area (Å²) in [4.78, 5) is 13.8. The number of nitrogens with zero attached hydrogens (tertiary/aromatic N) is 5. The van der Waals surface area contributed by atoms with E-state index in [1.165, 1.54) is 4.90 Å². The molecule has 1 aliphatic heterocycles. The number of carbonyl (C=O) groups excluding carboxylic acids is 1. The van der Waals surface area contributed by atoms with Gasteiger partial charge in [0.15, 0.2) is 18.1 Å². The molecule has 2 aromatic rings. The molecular formula is C17H14N6O2. The average molecular weight is 334 g/mol. The third-order valence-electron chi connectivity index (χ3n) is 3.73. The maximum absolute atomic E-state index is 12.3. The number of hydrogen-bond acceptors (Lipinski definition) is 7. The first-order valence-corrected chi connectivity index (χ1v) is 7.60. The Kier molecular flexibility index (Phi) is 4.84. The Balaban J connectivity index is 1.74. The van der Waals surface area contributed by atoms with E-state index in [9.17, 15) is 4.79 Å². The summed E-state index contributed by atoms with van der Waals surface area (Å²) in [7, 11) is 0. The Morgan fingerprint density at radius 1 is 1.32 bits per heavy atom. The molecule has 0 radical (unpaired) electrons. The number of morpholine rings is 1. The Bertz CT molecular complexity index is 870. The number of hydrogen-bond donors (Lipinski definition) is 1. The van der Waals surface area contributed by atoms with Crippen molar-refractivity contribution < 1.29 is 9.53 Å². The van der Waals surface area contributed by atoms with Gasteiger partial charge in [0.1, 0.15) is 0 Å². The summed E-state index contributed by atoms with van der Waals surface area (Å²) in [6, 6.07) is 10.8. The summed E-state index contributed by atoms with van der Waals surface area (Å²) in [5.74, 6) is -0.0975. The second-order valence-corrected chi connectivity index (χ2v) is 5.42. The Hall–Kier alpha value is -3.49. The monoisotopic (exact) mass is 334 g/mol. The molecule has 1 atom stereocenters. The van der Waals surface area contributed by atoms with Crippen LogP contribution in [0, 0.1) is 22.8 Å². The van der Waals surface area contributed by atoms with Crippen molar-refractivity contribution in [3.63, 3.8) is 0 Å². The maximum atomic E-state index is 12.3. The summed E-state index contributed by atoms with van der Waals surface area (Å²) in [5, 5.41) is 28.4. The van der Waals surface area contributed by atoms with Crippen molar-refractivity contribution in [2.75, 3.05) is 25.0 Å². The highest BCUT2D eigenvalue weighted by Gasteiger charge is 2.26. The highest BCUT2D eigenvalue weighted by molar-refractivity contribution is 5.94. The van der Waals surface area contributed by atoms with E-state index in [-0.39, 0.29) is 18.3 Å². The molecule has 1 fully saturated rings. The molecule has 1 N–H and O–H groups in total. The van der Waals surface area contributed by atoms with Crippen molar-refractivity contribution in [2.24, 2.45) is 0 Å². The van der Waals surface area contributed by atoms with Gasteiger partial charge in [-0.2, -0.15) is 15.6 Å². The first-order valence-electron chi connectivity index (χ1n) is 7.60. The molecule has 124 valence electrons. The molecule has 1 aromatic heterocycles. The predicted octanol–water partition coefficient (Wildman–Crippen LogP) is 1.14. The van der Waals surface area contributed by atoms with Gasteiger partial charge in [0.25, 0.3) is 5.91 Å². The molecule has 0 bridgehead atoms. The number of anilines is 1. The minimum atomic E-state index is -0.735. The number of ether oxygens (including phenoxy) is 1. The van der Waals surface area contributed by atoms with Crippen LogP contribution in [0.1, 0.15) is 5.56 Å². The number of nitrogens with one attached hydrogen (secondary N) is 1. The topological polar surface area (TPSA) is 115 Å². The van der Waals surface area contributed by atoms with Crippen LogP contribution in [0.5, 0.6) is 0 Å². The van der Waals surface area contributed by atoms with Gasteiger partial charge in [-0.1, -0.05) is 12.1 Å². The van der Waals surface area contributed by atoms with E-state index in [4.69, 9.17) is 15.3 Å². The highest BCUT2D eigenvalue weighted by Crippen LogP contribution is 2.21. The lowest BCUT2D eigenvalue weighted by Gasteiger charge is -2.27. The summed E-state index contributed by atoms with van der Waals surface area (Å²) >= 11 is 0. The van der Waals surface area contributed by atoms with E-state index in [1.807, 2.05) is 12.3 Å². The number of amides is 1. The third-order valence-corrected chi connectivity index (χ3v) is 3.73. The molecule has 2 heterocycles. The molecule has 3 rings (SSSR count). The Morgan fingerprint density at radius 2 is 2.20 bits per heavy atom. The van der Waals surface area contributed by atoms with Gasteiger partial charge in [-0.15, -0.1) is 5.10 Å².